The Labute approximate surface area is 164 Å². The number of amidine groups is 1. The maximum atomic E-state index is 11.1. The summed E-state index contributed by atoms with van der Waals surface area (Å²) in [6.07, 6.45) is 0. The molecule has 1 fully saturated rings. The average molecular weight is 396 g/mol. The first-order valence-electron chi connectivity index (χ1n) is 8.22. The van der Waals surface area contributed by atoms with Gasteiger partial charge in [-0.3, -0.25) is 4.79 Å². The Bertz CT molecular complexity index is 686. The Kier molecular flexibility index (Phi) is 6.93. The van der Waals surface area contributed by atoms with E-state index in [0.29, 0.717) is 10.2 Å². The van der Waals surface area contributed by atoms with Gasteiger partial charge in [-0.15, -0.1) is 0 Å². The minimum absolute atomic E-state index is 0.124. The Hall–Kier alpha value is -1.05. The van der Waals surface area contributed by atoms with E-state index in [2.05, 4.69) is 33.8 Å². The van der Waals surface area contributed by atoms with Crippen LogP contribution in [0.15, 0.2) is 29.3 Å². The van der Waals surface area contributed by atoms with Crippen LogP contribution < -0.4 is 5.73 Å². The van der Waals surface area contributed by atoms with E-state index in [1.54, 1.807) is 11.8 Å². The number of rotatable bonds is 4. The van der Waals surface area contributed by atoms with Gasteiger partial charge in [0.05, 0.1) is 11.4 Å². The molecule has 1 aromatic rings. The highest BCUT2D eigenvalue weighted by Gasteiger charge is 2.33. The number of carbonyl (C=O) groups is 1. The number of thioether (sulfide) groups is 2. The molecule has 1 aliphatic rings. The topological polar surface area (TPSA) is 58.7 Å². The van der Waals surface area contributed by atoms with Crippen molar-refractivity contribution in [3.8, 4) is 0 Å². The predicted molar refractivity (Wildman–Crippen MR) is 115 cm³/mol. The molecule has 1 aromatic carbocycles. The fraction of sp³-hybridized carbons (Fsp3) is 0.500. The Morgan fingerprint density at radius 1 is 1.44 bits per heavy atom. The van der Waals surface area contributed by atoms with Crippen molar-refractivity contribution in [2.75, 3.05) is 18.1 Å². The lowest BCUT2D eigenvalue weighted by Crippen LogP contribution is -2.45. The predicted octanol–water partition coefficient (Wildman–Crippen LogP) is 4.38. The molecule has 4 nitrogen and oxygen atoms in total. The molecule has 0 unspecified atom stereocenters. The van der Waals surface area contributed by atoms with Gasteiger partial charge >= 0.3 is 0 Å². The largest absolute Gasteiger partial charge is 0.369 e. The quantitative estimate of drug-likeness (QED) is 0.767. The summed E-state index contributed by atoms with van der Waals surface area (Å²) >= 11 is 8.58. The minimum atomic E-state index is -0.361. The number of aliphatic imine (C=N–C) groups is 1. The zero-order chi connectivity index (χ0) is 18.6. The molecule has 0 spiro atoms. The van der Waals surface area contributed by atoms with Gasteiger partial charge in [0.15, 0.2) is 5.17 Å². The van der Waals surface area contributed by atoms with Gasteiger partial charge in [0, 0.05) is 12.3 Å². The van der Waals surface area contributed by atoms with Gasteiger partial charge in [0.25, 0.3) is 0 Å². The molecule has 7 heteroatoms. The summed E-state index contributed by atoms with van der Waals surface area (Å²) in [5.74, 6) is 1.21. The van der Waals surface area contributed by atoms with Crippen LogP contribution in [0.3, 0.4) is 0 Å². The molecule has 0 bridgehead atoms. The van der Waals surface area contributed by atoms with Crippen molar-refractivity contribution in [1.82, 2.24) is 4.90 Å². The number of amides is 1. The normalized spacial score (nSPS) is 18.6. The molecular weight excluding hydrogens is 370 g/mol. The standard InChI is InChI=1S/C18H25N3OS3/c1-12(2)13-7-5-6-8-14(13)20-16-21(10-18(3,4)11-25-16)17(23)24-9-15(19)22/h5-8,12H,9-11H2,1-4H3,(H2,19,22). The van der Waals surface area contributed by atoms with Gasteiger partial charge in [-0.05, 0) is 23.0 Å². The summed E-state index contributed by atoms with van der Waals surface area (Å²) in [4.78, 5) is 18.1. The summed E-state index contributed by atoms with van der Waals surface area (Å²) in [6.45, 7) is 9.55. The van der Waals surface area contributed by atoms with E-state index in [1.807, 2.05) is 23.1 Å². The first kappa shape index (κ1) is 20.3. The SMILES string of the molecule is CC(C)c1ccccc1N=C1SCC(C)(C)CN1C(=S)SCC(N)=O. The highest BCUT2D eigenvalue weighted by molar-refractivity contribution is 8.23. The van der Waals surface area contributed by atoms with Crippen LogP contribution in [0.1, 0.15) is 39.2 Å². The number of nitrogens with two attached hydrogens (primary N) is 1. The second-order valence-electron chi connectivity index (χ2n) is 7.17. The molecule has 25 heavy (non-hydrogen) atoms. The fourth-order valence-corrected chi connectivity index (χ4v) is 4.61. The summed E-state index contributed by atoms with van der Waals surface area (Å²) in [7, 11) is 0. The highest BCUT2D eigenvalue weighted by atomic mass is 32.2. The van der Waals surface area contributed by atoms with Crippen molar-refractivity contribution in [2.24, 2.45) is 16.1 Å². The third-order valence-electron chi connectivity index (χ3n) is 3.74. The Balaban J connectivity index is 2.33. The first-order valence-corrected chi connectivity index (χ1v) is 10.6. The van der Waals surface area contributed by atoms with E-state index in [1.165, 1.54) is 17.3 Å². The van der Waals surface area contributed by atoms with Crippen molar-refractivity contribution in [2.45, 2.75) is 33.6 Å². The molecule has 1 amide bonds. The van der Waals surface area contributed by atoms with E-state index in [0.717, 1.165) is 23.2 Å². The molecule has 1 aliphatic heterocycles. The monoisotopic (exact) mass is 395 g/mol. The zero-order valence-corrected chi connectivity index (χ0v) is 17.6. The lowest BCUT2D eigenvalue weighted by Gasteiger charge is -2.39. The second kappa shape index (κ2) is 8.56. The number of nitrogens with zero attached hydrogens (tertiary/aromatic N) is 2. The summed E-state index contributed by atoms with van der Waals surface area (Å²) in [6, 6.07) is 8.21. The molecule has 0 aromatic heterocycles. The van der Waals surface area contributed by atoms with Gasteiger partial charge in [0.2, 0.25) is 5.91 Å². The van der Waals surface area contributed by atoms with E-state index in [9.17, 15) is 4.79 Å². The molecule has 2 rings (SSSR count). The lowest BCUT2D eigenvalue weighted by molar-refractivity contribution is -0.115. The van der Waals surface area contributed by atoms with E-state index in [4.69, 9.17) is 22.9 Å². The van der Waals surface area contributed by atoms with Crippen molar-refractivity contribution in [3.63, 3.8) is 0 Å². The zero-order valence-electron chi connectivity index (χ0n) is 15.1. The number of hydrogen-bond acceptors (Lipinski definition) is 5. The van der Waals surface area contributed by atoms with Crippen LogP contribution in [-0.2, 0) is 4.79 Å². The molecule has 0 saturated carbocycles. The molecular formula is C18H25N3OS3. The van der Waals surface area contributed by atoms with Gasteiger partial charge in [-0.1, -0.05) is 81.6 Å². The maximum Gasteiger partial charge on any atom is 0.227 e. The van der Waals surface area contributed by atoms with Gasteiger partial charge in [0.1, 0.15) is 4.32 Å². The molecule has 0 atom stereocenters. The van der Waals surface area contributed by atoms with Crippen molar-refractivity contribution < 1.29 is 4.79 Å². The fourth-order valence-electron chi connectivity index (χ4n) is 2.51. The van der Waals surface area contributed by atoms with E-state index >= 15 is 0 Å². The second-order valence-corrected chi connectivity index (χ2v) is 9.72. The Morgan fingerprint density at radius 3 is 2.76 bits per heavy atom. The number of para-hydroxylation sites is 1. The third kappa shape index (κ3) is 5.72. The lowest BCUT2D eigenvalue weighted by atomic mass is 9.96. The van der Waals surface area contributed by atoms with Crippen LogP contribution in [0, 0.1) is 5.41 Å². The molecule has 2 N–H and O–H groups in total. The van der Waals surface area contributed by atoms with E-state index < -0.39 is 0 Å². The molecule has 1 heterocycles. The third-order valence-corrected chi connectivity index (χ3v) is 6.71. The minimum Gasteiger partial charge on any atom is -0.369 e. The molecule has 136 valence electrons. The van der Waals surface area contributed by atoms with Crippen molar-refractivity contribution >= 4 is 56.8 Å². The highest BCUT2D eigenvalue weighted by Crippen LogP contribution is 2.35. The smallest absolute Gasteiger partial charge is 0.227 e. The van der Waals surface area contributed by atoms with Gasteiger partial charge < -0.3 is 10.6 Å². The van der Waals surface area contributed by atoms with Crippen LogP contribution in [0.4, 0.5) is 5.69 Å². The average Bonchev–Trinajstić information content (AvgIpc) is 2.54. The number of carbonyl (C=O) groups excluding carboxylic acids is 1. The van der Waals surface area contributed by atoms with Crippen LogP contribution in [0.25, 0.3) is 0 Å². The van der Waals surface area contributed by atoms with Crippen molar-refractivity contribution in [1.29, 1.82) is 0 Å². The van der Waals surface area contributed by atoms with Gasteiger partial charge in [-0.25, -0.2) is 4.99 Å². The molecule has 0 aliphatic carbocycles. The summed E-state index contributed by atoms with van der Waals surface area (Å²) < 4.78 is 0.653. The summed E-state index contributed by atoms with van der Waals surface area (Å²) in [5, 5.41) is 0.898. The maximum absolute atomic E-state index is 11.1. The molecule has 0 radical (unpaired) electrons. The molecule has 1 saturated heterocycles. The number of primary amides is 1. The van der Waals surface area contributed by atoms with Crippen LogP contribution in [-0.4, -0.2) is 38.3 Å². The number of benzene rings is 1. The van der Waals surface area contributed by atoms with Crippen LogP contribution >= 0.6 is 35.7 Å². The Morgan fingerprint density at radius 2 is 2.12 bits per heavy atom. The number of thiocarbonyl (C=S) groups is 1. The van der Waals surface area contributed by atoms with Crippen molar-refractivity contribution in [3.05, 3.63) is 29.8 Å². The van der Waals surface area contributed by atoms with E-state index in [-0.39, 0.29) is 17.1 Å². The summed E-state index contributed by atoms with van der Waals surface area (Å²) in [5.41, 5.74) is 7.58. The number of hydrogen-bond donors (Lipinski definition) is 1. The first-order chi connectivity index (χ1) is 11.7. The van der Waals surface area contributed by atoms with Gasteiger partial charge in [-0.2, -0.15) is 0 Å². The van der Waals surface area contributed by atoms with Crippen LogP contribution in [0.2, 0.25) is 0 Å². The van der Waals surface area contributed by atoms with Crippen LogP contribution in [0.5, 0.6) is 0 Å².